The summed E-state index contributed by atoms with van der Waals surface area (Å²) in [5.41, 5.74) is 1.15. The second-order valence-electron chi connectivity index (χ2n) is 9.75. The third kappa shape index (κ3) is 5.09. The number of methoxy groups -OCH3 is 1. The maximum absolute atomic E-state index is 14.0. The Balaban J connectivity index is 1.42. The van der Waals surface area contributed by atoms with Crippen LogP contribution in [0.2, 0.25) is 5.02 Å². The molecular formula is C29H21ClN4O7S2. The first kappa shape index (κ1) is 28.6. The van der Waals surface area contributed by atoms with Gasteiger partial charge in [0.05, 0.1) is 28.7 Å². The molecule has 1 N–H and O–H groups in total. The quantitative estimate of drug-likeness (QED) is 0.171. The number of non-ortho nitro benzene ring substituents is 1. The van der Waals surface area contributed by atoms with Crippen LogP contribution in [0.25, 0.3) is 0 Å². The zero-order valence-electron chi connectivity index (χ0n) is 22.3. The van der Waals surface area contributed by atoms with Crippen LogP contribution in [-0.4, -0.2) is 39.6 Å². The molecule has 0 bridgehead atoms. The Morgan fingerprint density at radius 1 is 1.02 bits per heavy atom. The monoisotopic (exact) mass is 636 g/mol. The largest absolute Gasteiger partial charge is 0.496 e. The van der Waals surface area contributed by atoms with Crippen molar-refractivity contribution in [2.75, 3.05) is 17.3 Å². The molecule has 6 rings (SSSR count). The Morgan fingerprint density at radius 3 is 2.40 bits per heavy atom. The highest BCUT2D eigenvalue weighted by Crippen LogP contribution is 2.55. The van der Waals surface area contributed by atoms with E-state index < -0.39 is 44.6 Å². The van der Waals surface area contributed by atoms with Crippen LogP contribution in [0, 0.1) is 16.0 Å². The summed E-state index contributed by atoms with van der Waals surface area (Å²) in [4.78, 5) is 66.0. The molecule has 0 spiro atoms. The number of ether oxygens (including phenoxy) is 1. The number of para-hydroxylation sites is 1. The van der Waals surface area contributed by atoms with Crippen LogP contribution >= 0.6 is 34.7 Å². The Labute approximate surface area is 257 Å². The van der Waals surface area contributed by atoms with E-state index in [9.17, 15) is 29.3 Å². The number of nitrogens with one attached hydrogen (secondary N) is 1. The van der Waals surface area contributed by atoms with Gasteiger partial charge in [0.2, 0.25) is 17.7 Å². The minimum atomic E-state index is -0.926. The zero-order valence-corrected chi connectivity index (χ0v) is 24.7. The number of thiazole rings is 1. The summed E-state index contributed by atoms with van der Waals surface area (Å²) < 4.78 is 6.93. The number of benzene rings is 3. The topological polar surface area (TPSA) is 141 Å². The predicted molar refractivity (Wildman–Crippen MR) is 162 cm³/mol. The van der Waals surface area contributed by atoms with Crippen LogP contribution in [0.4, 0.5) is 17.1 Å². The molecule has 0 radical (unpaired) electrons. The van der Waals surface area contributed by atoms with Crippen molar-refractivity contribution in [3.8, 4) is 5.75 Å². The van der Waals surface area contributed by atoms with Crippen LogP contribution < -0.4 is 19.8 Å². The average Bonchev–Trinajstić information content (AvgIpc) is 3.44. The van der Waals surface area contributed by atoms with Crippen molar-refractivity contribution in [2.45, 2.75) is 22.7 Å². The van der Waals surface area contributed by atoms with Crippen LogP contribution in [0.15, 0.2) is 82.6 Å². The number of thioether (sulfide) groups is 1. The summed E-state index contributed by atoms with van der Waals surface area (Å²) in [5.74, 6) is -2.61. The lowest BCUT2D eigenvalue weighted by atomic mass is 9.82. The van der Waals surface area contributed by atoms with E-state index in [2.05, 4.69) is 5.32 Å². The highest BCUT2D eigenvalue weighted by molar-refractivity contribution is 8.00. The summed E-state index contributed by atoms with van der Waals surface area (Å²) >= 11 is 7.92. The number of imide groups is 1. The van der Waals surface area contributed by atoms with Crippen molar-refractivity contribution in [1.82, 2.24) is 4.57 Å². The minimum Gasteiger partial charge on any atom is -0.496 e. The first-order valence-electron chi connectivity index (χ1n) is 12.9. The number of hydrogen-bond acceptors (Lipinski definition) is 9. The van der Waals surface area contributed by atoms with Gasteiger partial charge in [0, 0.05) is 39.2 Å². The average molecular weight is 637 g/mol. The van der Waals surface area contributed by atoms with Gasteiger partial charge in [0.1, 0.15) is 17.5 Å². The normalized spacial score (nSPS) is 19.1. The van der Waals surface area contributed by atoms with E-state index in [1.54, 1.807) is 48.5 Å². The molecule has 2 aliphatic rings. The van der Waals surface area contributed by atoms with Crippen molar-refractivity contribution < 1.29 is 24.0 Å². The highest BCUT2D eigenvalue weighted by Gasteiger charge is 2.57. The molecule has 3 atom stereocenters. The van der Waals surface area contributed by atoms with Crippen molar-refractivity contribution in [3.05, 3.63) is 108 Å². The van der Waals surface area contributed by atoms with Gasteiger partial charge in [0.15, 0.2) is 0 Å². The van der Waals surface area contributed by atoms with E-state index in [0.29, 0.717) is 31.9 Å². The molecule has 11 nitrogen and oxygen atoms in total. The van der Waals surface area contributed by atoms with Crippen molar-refractivity contribution in [2.24, 2.45) is 5.92 Å². The molecule has 1 fully saturated rings. The van der Waals surface area contributed by atoms with Gasteiger partial charge in [-0.1, -0.05) is 52.9 Å². The number of halogens is 1. The maximum Gasteiger partial charge on any atom is 0.308 e. The standard InChI is InChI=1S/C29H21ClN4O7S2/c1-41-20-5-3-2-4-19(20)22-23-24(27(37)33(26(23)36)17-10-12-18(13-11-17)34(39)40)42-28-25(22)43-29(38)32(28)14-21(35)31-16-8-6-15(30)7-9-16/h2-13,22-24H,14H2,1H3,(H,31,35). The van der Waals surface area contributed by atoms with Gasteiger partial charge in [-0.3, -0.25) is 33.9 Å². The number of nitro benzene ring substituents is 1. The predicted octanol–water partition coefficient (Wildman–Crippen LogP) is 4.91. The van der Waals surface area contributed by atoms with Crippen molar-refractivity contribution >= 4 is 69.5 Å². The van der Waals surface area contributed by atoms with Gasteiger partial charge in [-0.15, -0.1) is 0 Å². The Morgan fingerprint density at radius 2 is 1.72 bits per heavy atom. The lowest BCUT2D eigenvalue weighted by molar-refractivity contribution is -0.384. The van der Waals surface area contributed by atoms with Gasteiger partial charge in [-0.25, -0.2) is 4.90 Å². The third-order valence-corrected chi connectivity index (χ3v) is 10.1. The molecule has 3 aromatic carbocycles. The lowest BCUT2D eigenvalue weighted by Gasteiger charge is -2.31. The van der Waals surface area contributed by atoms with Crippen molar-refractivity contribution in [1.29, 1.82) is 0 Å². The number of rotatable bonds is 7. The van der Waals surface area contributed by atoms with E-state index in [4.69, 9.17) is 16.3 Å². The van der Waals surface area contributed by atoms with E-state index in [1.807, 2.05) is 0 Å². The van der Waals surface area contributed by atoms with Gasteiger partial charge in [0.25, 0.3) is 5.69 Å². The van der Waals surface area contributed by atoms with Crippen LogP contribution in [0.1, 0.15) is 16.4 Å². The number of amides is 3. The Hall–Kier alpha value is -4.46. The molecule has 2 aliphatic heterocycles. The number of anilines is 2. The zero-order chi connectivity index (χ0) is 30.4. The molecule has 1 saturated heterocycles. The number of carbonyl (C=O) groups is 3. The molecule has 3 unspecified atom stereocenters. The molecule has 14 heteroatoms. The van der Waals surface area contributed by atoms with Gasteiger partial charge >= 0.3 is 4.87 Å². The second kappa shape index (κ2) is 11.3. The lowest BCUT2D eigenvalue weighted by Crippen LogP contribution is -2.33. The van der Waals surface area contributed by atoms with Crippen LogP contribution in [-0.2, 0) is 20.9 Å². The molecule has 3 amide bonds. The number of fused-ring (bicyclic) bond motifs is 2. The SMILES string of the molecule is COc1ccccc1C1c2sc(=O)n(CC(=O)Nc3ccc(Cl)cc3)c2SC2C(=O)N(c3ccc([N+](=O)[O-])cc3)C(=O)C21. The summed E-state index contributed by atoms with van der Waals surface area (Å²) in [6.07, 6.45) is 0. The molecule has 218 valence electrons. The van der Waals surface area contributed by atoms with E-state index in [1.165, 1.54) is 35.9 Å². The minimum absolute atomic E-state index is 0.176. The number of nitro groups is 1. The number of nitrogens with zero attached hydrogens (tertiary/aromatic N) is 3. The van der Waals surface area contributed by atoms with E-state index in [-0.39, 0.29) is 17.9 Å². The number of hydrogen-bond donors (Lipinski definition) is 1. The number of aromatic nitrogens is 1. The smallest absolute Gasteiger partial charge is 0.308 e. The fourth-order valence-electron chi connectivity index (χ4n) is 5.37. The first-order valence-corrected chi connectivity index (χ1v) is 15.0. The Bertz CT molecular complexity index is 1840. The molecule has 4 aromatic rings. The fraction of sp³-hybridized carbons (Fsp3) is 0.172. The third-order valence-electron chi connectivity index (χ3n) is 7.27. The van der Waals surface area contributed by atoms with E-state index in [0.717, 1.165) is 28.0 Å². The van der Waals surface area contributed by atoms with Gasteiger partial charge in [-0.2, -0.15) is 0 Å². The van der Waals surface area contributed by atoms with Crippen LogP contribution in [0.3, 0.4) is 0 Å². The molecular weight excluding hydrogens is 616 g/mol. The van der Waals surface area contributed by atoms with Crippen molar-refractivity contribution in [3.63, 3.8) is 0 Å². The summed E-state index contributed by atoms with van der Waals surface area (Å²) in [6, 6.07) is 18.8. The first-order chi connectivity index (χ1) is 20.7. The number of carbonyl (C=O) groups excluding carboxylic acids is 3. The molecule has 0 aliphatic carbocycles. The second-order valence-corrected chi connectivity index (χ2v) is 12.3. The summed E-state index contributed by atoms with van der Waals surface area (Å²) in [6.45, 7) is -0.315. The van der Waals surface area contributed by atoms with Gasteiger partial charge in [-0.05, 0) is 42.5 Å². The molecule has 0 saturated carbocycles. The highest BCUT2D eigenvalue weighted by atomic mass is 35.5. The molecule has 43 heavy (non-hydrogen) atoms. The molecule has 1 aromatic heterocycles. The maximum atomic E-state index is 14.0. The summed E-state index contributed by atoms with van der Waals surface area (Å²) in [7, 11) is 1.49. The summed E-state index contributed by atoms with van der Waals surface area (Å²) in [5, 5.41) is 13.9. The van der Waals surface area contributed by atoms with E-state index >= 15 is 0 Å². The molecule has 3 heterocycles. The fourth-order valence-corrected chi connectivity index (χ4v) is 8.26. The van der Waals surface area contributed by atoms with Crippen LogP contribution in [0.5, 0.6) is 5.75 Å². The van der Waals surface area contributed by atoms with Gasteiger partial charge < -0.3 is 10.1 Å². The Kier molecular flexibility index (Phi) is 7.54.